The molecule has 32 heavy (non-hydrogen) atoms. The Kier molecular flexibility index (Phi) is 6.27. The molecular weight excluding hydrogens is 433 g/mol. The predicted octanol–water partition coefficient (Wildman–Crippen LogP) is 4.39. The van der Waals surface area contributed by atoms with Crippen LogP contribution in [0.2, 0.25) is 5.02 Å². The number of halogens is 2. The number of carbonyl (C=O) groups is 1. The molecule has 1 amide bonds. The number of amides is 1. The average molecular weight is 454 g/mol. The van der Waals surface area contributed by atoms with Crippen LogP contribution in [0, 0.1) is 5.82 Å². The maximum absolute atomic E-state index is 14.5. The topological polar surface area (TPSA) is 97.6 Å². The van der Waals surface area contributed by atoms with Gasteiger partial charge in [0.2, 0.25) is 11.6 Å². The van der Waals surface area contributed by atoms with Crippen LogP contribution in [0.1, 0.15) is 31.0 Å². The van der Waals surface area contributed by atoms with Crippen LogP contribution in [-0.2, 0) is 17.8 Å². The fraction of sp³-hybridized carbons (Fsp3) is 0.227. The number of nitrogens with one attached hydrogen (secondary N) is 2. The standard InChI is InChI=1S/C22H21ClFN7O/c1-3-31-12-19-22(30-31)29-20(11-26-19)27-13(2)17-8-16(4-5-18(17)24)28-21(32)7-14-6-15(23)10-25-9-14/h4-6,8-13H,3,7H2,1-2H3,(H,28,32)(H,27,29,30)/t13-/m0/s1. The summed E-state index contributed by atoms with van der Waals surface area (Å²) in [6.45, 7) is 4.50. The van der Waals surface area contributed by atoms with E-state index in [2.05, 4.69) is 30.7 Å². The lowest BCUT2D eigenvalue weighted by Gasteiger charge is -2.17. The van der Waals surface area contributed by atoms with Gasteiger partial charge >= 0.3 is 0 Å². The van der Waals surface area contributed by atoms with Gasteiger partial charge in [0.1, 0.15) is 17.2 Å². The Morgan fingerprint density at radius 3 is 2.88 bits per heavy atom. The molecule has 164 valence electrons. The number of rotatable bonds is 7. The molecule has 0 aliphatic rings. The van der Waals surface area contributed by atoms with E-state index in [4.69, 9.17) is 11.6 Å². The van der Waals surface area contributed by atoms with Crippen LogP contribution in [0.5, 0.6) is 0 Å². The van der Waals surface area contributed by atoms with Gasteiger partial charge in [-0.15, -0.1) is 0 Å². The van der Waals surface area contributed by atoms with Crippen LogP contribution in [0.25, 0.3) is 11.2 Å². The largest absolute Gasteiger partial charge is 0.362 e. The summed E-state index contributed by atoms with van der Waals surface area (Å²) in [5.74, 6) is -0.171. The van der Waals surface area contributed by atoms with Crippen molar-refractivity contribution in [2.45, 2.75) is 32.9 Å². The number of fused-ring (bicyclic) bond motifs is 1. The van der Waals surface area contributed by atoms with Gasteiger partial charge in [-0.3, -0.25) is 14.5 Å². The lowest BCUT2D eigenvalue weighted by molar-refractivity contribution is -0.115. The van der Waals surface area contributed by atoms with Crippen LogP contribution in [-0.4, -0.2) is 30.6 Å². The van der Waals surface area contributed by atoms with Crippen molar-refractivity contribution in [1.29, 1.82) is 0 Å². The molecule has 10 heteroatoms. The minimum Gasteiger partial charge on any atom is -0.362 e. The van der Waals surface area contributed by atoms with Crippen molar-refractivity contribution >= 4 is 40.2 Å². The van der Waals surface area contributed by atoms with Gasteiger partial charge in [-0.05, 0) is 43.7 Å². The van der Waals surface area contributed by atoms with E-state index in [0.29, 0.717) is 38.8 Å². The number of nitrogens with zero attached hydrogens (tertiary/aromatic N) is 5. The van der Waals surface area contributed by atoms with E-state index < -0.39 is 11.9 Å². The molecule has 0 saturated heterocycles. The first-order valence-electron chi connectivity index (χ1n) is 10.1. The van der Waals surface area contributed by atoms with Gasteiger partial charge in [-0.25, -0.2) is 14.4 Å². The minimum atomic E-state index is -0.427. The number of anilines is 2. The molecule has 0 fully saturated rings. The van der Waals surface area contributed by atoms with Gasteiger partial charge in [0.25, 0.3) is 0 Å². The van der Waals surface area contributed by atoms with Crippen molar-refractivity contribution in [3.63, 3.8) is 0 Å². The van der Waals surface area contributed by atoms with E-state index in [-0.39, 0.29) is 12.3 Å². The van der Waals surface area contributed by atoms with Gasteiger partial charge < -0.3 is 10.6 Å². The SMILES string of the molecule is CCn1cc2ncc(N[C@@H](C)c3cc(NC(=O)Cc4cncc(Cl)c4)ccc3F)nc2n1. The molecule has 3 heterocycles. The van der Waals surface area contributed by atoms with Gasteiger partial charge in [-0.1, -0.05) is 11.6 Å². The Hall–Kier alpha value is -3.59. The quantitative estimate of drug-likeness (QED) is 0.430. The number of hydrogen-bond acceptors (Lipinski definition) is 6. The highest BCUT2D eigenvalue weighted by Gasteiger charge is 2.15. The van der Waals surface area contributed by atoms with Crippen LogP contribution in [0.3, 0.4) is 0 Å². The van der Waals surface area contributed by atoms with E-state index in [0.717, 1.165) is 6.54 Å². The molecule has 0 aliphatic carbocycles. The molecule has 4 aromatic rings. The highest BCUT2D eigenvalue weighted by atomic mass is 35.5. The van der Waals surface area contributed by atoms with Gasteiger partial charge in [0, 0.05) is 30.2 Å². The summed E-state index contributed by atoms with van der Waals surface area (Å²) in [6.07, 6.45) is 6.59. The first-order chi connectivity index (χ1) is 15.4. The van der Waals surface area contributed by atoms with E-state index in [1.807, 2.05) is 13.1 Å². The van der Waals surface area contributed by atoms with Crippen LogP contribution in [0.4, 0.5) is 15.9 Å². The zero-order valence-corrected chi connectivity index (χ0v) is 18.3. The van der Waals surface area contributed by atoms with Crippen molar-refractivity contribution in [3.8, 4) is 0 Å². The van der Waals surface area contributed by atoms with Crippen molar-refractivity contribution in [1.82, 2.24) is 24.7 Å². The van der Waals surface area contributed by atoms with Gasteiger partial charge in [-0.2, -0.15) is 5.10 Å². The molecule has 3 aromatic heterocycles. The molecular formula is C22H21ClFN7O. The third kappa shape index (κ3) is 5.00. The molecule has 8 nitrogen and oxygen atoms in total. The summed E-state index contributed by atoms with van der Waals surface area (Å²) in [7, 11) is 0. The van der Waals surface area contributed by atoms with Crippen molar-refractivity contribution in [3.05, 3.63) is 71.0 Å². The summed E-state index contributed by atoms with van der Waals surface area (Å²) in [6, 6.07) is 5.69. The molecule has 4 rings (SSSR count). The predicted molar refractivity (Wildman–Crippen MR) is 121 cm³/mol. The number of aromatic nitrogens is 5. The third-order valence-corrected chi connectivity index (χ3v) is 5.04. The summed E-state index contributed by atoms with van der Waals surface area (Å²) < 4.78 is 16.3. The van der Waals surface area contributed by atoms with E-state index >= 15 is 0 Å². The fourth-order valence-electron chi connectivity index (χ4n) is 3.27. The molecule has 0 bridgehead atoms. The fourth-order valence-corrected chi connectivity index (χ4v) is 3.47. The monoisotopic (exact) mass is 453 g/mol. The van der Waals surface area contributed by atoms with E-state index in [1.165, 1.54) is 18.3 Å². The van der Waals surface area contributed by atoms with E-state index in [1.54, 1.807) is 36.1 Å². The molecule has 0 spiro atoms. The van der Waals surface area contributed by atoms with Crippen molar-refractivity contribution in [2.24, 2.45) is 0 Å². The highest BCUT2D eigenvalue weighted by molar-refractivity contribution is 6.30. The first kappa shape index (κ1) is 21.6. The van der Waals surface area contributed by atoms with Gasteiger partial charge in [0.15, 0.2) is 0 Å². The Morgan fingerprint density at radius 2 is 2.09 bits per heavy atom. The number of aryl methyl sites for hydroxylation is 1. The number of hydrogen-bond donors (Lipinski definition) is 2. The smallest absolute Gasteiger partial charge is 0.228 e. The number of carbonyl (C=O) groups excluding carboxylic acids is 1. The molecule has 1 aromatic carbocycles. The lowest BCUT2D eigenvalue weighted by atomic mass is 10.1. The number of pyridine rings is 1. The molecule has 0 saturated carbocycles. The molecule has 2 N–H and O–H groups in total. The average Bonchev–Trinajstić information content (AvgIpc) is 3.17. The second-order valence-corrected chi connectivity index (χ2v) is 7.72. The molecule has 0 radical (unpaired) electrons. The highest BCUT2D eigenvalue weighted by Crippen LogP contribution is 2.25. The summed E-state index contributed by atoms with van der Waals surface area (Å²) in [4.78, 5) is 25.2. The Balaban J connectivity index is 1.47. The molecule has 0 unspecified atom stereocenters. The lowest BCUT2D eigenvalue weighted by Crippen LogP contribution is -2.16. The Labute approximate surface area is 188 Å². The van der Waals surface area contributed by atoms with Crippen LogP contribution >= 0.6 is 11.6 Å². The van der Waals surface area contributed by atoms with Gasteiger partial charge in [0.05, 0.1) is 29.9 Å². The number of benzene rings is 1. The summed E-state index contributed by atoms with van der Waals surface area (Å²) in [5.41, 5.74) is 2.76. The van der Waals surface area contributed by atoms with Crippen LogP contribution in [0.15, 0.2) is 49.1 Å². The minimum absolute atomic E-state index is 0.105. The Bertz CT molecular complexity index is 1280. The van der Waals surface area contributed by atoms with E-state index in [9.17, 15) is 9.18 Å². The summed E-state index contributed by atoms with van der Waals surface area (Å²) in [5, 5.41) is 10.7. The summed E-state index contributed by atoms with van der Waals surface area (Å²) >= 11 is 5.91. The third-order valence-electron chi connectivity index (χ3n) is 4.84. The van der Waals surface area contributed by atoms with Crippen molar-refractivity contribution < 1.29 is 9.18 Å². The zero-order valence-electron chi connectivity index (χ0n) is 17.5. The second-order valence-electron chi connectivity index (χ2n) is 7.29. The van der Waals surface area contributed by atoms with Crippen LogP contribution < -0.4 is 10.6 Å². The van der Waals surface area contributed by atoms with Crippen molar-refractivity contribution in [2.75, 3.05) is 10.6 Å². The maximum atomic E-state index is 14.5. The first-order valence-corrected chi connectivity index (χ1v) is 10.4. The normalized spacial score (nSPS) is 12.0. The second kappa shape index (κ2) is 9.27. The molecule has 1 atom stereocenters. The Morgan fingerprint density at radius 1 is 1.25 bits per heavy atom. The molecule has 0 aliphatic heterocycles. The zero-order chi connectivity index (χ0) is 22.7. The maximum Gasteiger partial charge on any atom is 0.228 e.